The molecule has 0 unspecified atom stereocenters. The van der Waals surface area contributed by atoms with Crippen LogP contribution < -0.4 is 9.80 Å². The molecule has 0 heterocycles. The Morgan fingerprint density at radius 3 is 1.28 bits per heavy atom. The molecule has 268 valence electrons. The number of nitrogens with zero attached hydrogens (tertiary/aromatic N) is 3. The highest BCUT2D eigenvalue weighted by Gasteiger charge is 2.22. The second kappa shape index (κ2) is 14.2. The van der Waals surface area contributed by atoms with Gasteiger partial charge >= 0.3 is 0 Å². The summed E-state index contributed by atoms with van der Waals surface area (Å²) >= 11 is 0. The topological polar surface area (TPSA) is 10.8 Å². The van der Waals surface area contributed by atoms with E-state index in [-0.39, 0.29) is 0 Å². The van der Waals surface area contributed by atoms with Crippen LogP contribution in [0.4, 0.5) is 39.8 Å². The second-order valence-electron chi connectivity index (χ2n) is 14.5. The molecule has 0 saturated heterocycles. The van der Waals surface area contributed by atoms with Crippen molar-refractivity contribution in [3.8, 4) is 0 Å². The molecular weight excluding hydrogens is 691 g/mol. The lowest BCUT2D eigenvalue weighted by molar-refractivity contribution is 1.29. The molecule has 0 amide bonds. The molecule has 0 atom stereocenters. The Hall–Kier alpha value is -7.67. The van der Waals surface area contributed by atoms with Crippen molar-refractivity contribution in [1.82, 2.24) is 0 Å². The van der Waals surface area contributed by atoms with E-state index in [0.29, 0.717) is 5.69 Å². The number of hydrogen-bond donors (Lipinski definition) is 0. The normalized spacial score (nSPS) is 11.5. The number of fused-ring (bicyclic) bond motifs is 2. The Kier molecular flexibility index (Phi) is 8.43. The number of para-hydroxylation sites is 1. The van der Waals surface area contributed by atoms with E-state index in [4.69, 9.17) is 6.57 Å². The molecule has 0 fully saturated rings. The molecule has 10 rings (SSSR count). The van der Waals surface area contributed by atoms with Crippen molar-refractivity contribution in [2.24, 2.45) is 0 Å². The summed E-state index contributed by atoms with van der Waals surface area (Å²) in [5.41, 5.74) is 10.7. The SMILES string of the molecule is [C-]#[N+]c1ccc(N(c2ccc(/C=C/c3ccccc3)cc2)c2ccc3c4cccc5c(N(c6ccccc6)c6ccc(C)cc6)ccc(c6cccc2c63)c54)cc1. The Morgan fingerprint density at radius 1 is 0.368 bits per heavy atom. The largest absolute Gasteiger partial charge is 0.310 e. The Labute approximate surface area is 332 Å². The molecule has 0 N–H and O–H groups in total. The maximum Gasteiger partial charge on any atom is 0.187 e. The van der Waals surface area contributed by atoms with Crippen LogP contribution in [0.15, 0.2) is 194 Å². The van der Waals surface area contributed by atoms with Crippen LogP contribution in [-0.2, 0) is 0 Å². The van der Waals surface area contributed by atoms with Gasteiger partial charge in [-0.05, 0) is 111 Å². The van der Waals surface area contributed by atoms with Gasteiger partial charge in [0.1, 0.15) is 0 Å². The first-order chi connectivity index (χ1) is 28.1. The first kappa shape index (κ1) is 33.9. The first-order valence-corrected chi connectivity index (χ1v) is 19.3. The van der Waals surface area contributed by atoms with Crippen molar-refractivity contribution in [3.05, 3.63) is 222 Å². The molecule has 0 aliphatic carbocycles. The zero-order valence-corrected chi connectivity index (χ0v) is 31.5. The van der Waals surface area contributed by atoms with Gasteiger partial charge in [-0.2, -0.15) is 0 Å². The fraction of sp³-hybridized carbons (Fsp3) is 0.0185. The standard InChI is InChI=1S/C54H37N3/c1-37-19-27-42(28-20-37)56(41-13-7-4-8-14-41)51-35-33-47-46-16-10-18-50-52(36-34-48(54(46)50)45-15-9-17-49(51)53(45)47)57(44-31-25-40(55-2)26-32-44)43-29-23-39(24-30-43)22-21-38-11-5-3-6-12-38/h3-36H,1H3/b22-21+. The quantitative estimate of drug-likeness (QED) is 0.0668. The third-order valence-corrected chi connectivity index (χ3v) is 11.1. The lowest BCUT2D eigenvalue weighted by Crippen LogP contribution is -2.11. The first-order valence-electron chi connectivity index (χ1n) is 19.3. The fourth-order valence-electron chi connectivity index (χ4n) is 8.36. The average Bonchev–Trinajstić information content (AvgIpc) is 3.27. The van der Waals surface area contributed by atoms with Crippen molar-refractivity contribution >= 4 is 95.1 Å². The number of benzene rings is 10. The number of anilines is 6. The van der Waals surface area contributed by atoms with Gasteiger partial charge in [0.25, 0.3) is 0 Å². The molecule has 0 aliphatic rings. The maximum atomic E-state index is 7.60. The second-order valence-corrected chi connectivity index (χ2v) is 14.5. The molecule has 3 nitrogen and oxygen atoms in total. The van der Waals surface area contributed by atoms with E-state index in [1.54, 1.807) is 0 Å². The Bertz CT molecular complexity index is 3090. The highest BCUT2D eigenvalue weighted by molar-refractivity contribution is 6.35. The van der Waals surface area contributed by atoms with Gasteiger partial charge in [0.05, 0.1) is 17.9 Å². The minimum Gasteiger partial charge on any atom is -0.310 e. The highest BCUT2D eigenvalue weighted by atomic mass is 15.1. The minimum atomic E-state index is 0.620. The molecule has 0 spiro atoms. The number of rotatable bonds is 8. The number of hydrogen-bond acceptors (Lipinski definition) is 2. The zero-order chi connectivity index (χ0) is 38.3. The molecule has 0 aromatic heterocycles. The lowest BCUT2D eigenvalue weighted by atomic mass is 9.88. The highest BCUT2D eigenvalue weighted by Crippen LogP contribution is 2.49. The van der Waals surface area contributed by atoms with Crippen LogP contribution in [-0.4, -0.2) is 0 Å². The van der Waals surface area contributed by atoms with Crippen molar-refractivity contribution in [1.29, 1.82) is 0 Å². The molecule has 0 saturated carbocycles. The molecule has 0 aliphatic heterocycles. The van der Waals surface area contributed by atoms with Gasteiger partial charge in [0.2, 0.25) is 0 Å². The maximum absolute atomic E-state index is 7.60. The third kappa shape index (κ3) is 6.01. The van der Waals surface area contributed by atoms with Gasteiger partial charge in [0.15, 0.2) is 5.69 Å². The molecule has 0 bridgehead atoms. The van der Waals surface area contributed by atoms with Crippen molar-refractivity contribution in [3.63, 3.8) is 0 Å². The Morgan fingerprint density at radius 2 is 0.772 bits per heavy atom. The summed E-state index contributed by atoms with van der Waals surface area (Å²) in [4.78, 5) is 8.38. The van der Waals surface area contributed by atoms with Gasteiger partial charge in [-0.25, -0.2) is 4.85 Å². The zero-order valence-electron chi connectivity index (χ0n) is 31.5. The summed E-state index contributed by atoms with van der Waals surface area (Å²) in [5, 5.41) is 9.82. The van der Waals surface area contributed by atoms with E-state index >= 15 is 0 Å². The Balaban J connectivity index is 1.16. The van der Waals surface area contributed by atoms with Crippen molar-refractivity contribution in [2.45, 2.75) is 6.92 Å². The summed E-state index contributed by atoms with van der Waals surface area (Å²) < 4.78 is 0. The van der Waals surface area contributed by atoms with E-state index in [9.17, 15) is 0 Å². The van der Waals surface area contributed by atoms with Gasteiger partial charge < -0.3 is 9.80 Å². The van der Waals surface area contributed by atoms with Gasteiger partial charge in [-0.15, -0.1) is 0 Å². The van der Waals surface area contributed by atoms with Gasteiger partial charge in [-0.3, -0.25) is 0 Å². The summed E-state index contributed by atoms with van der Waals surface area (Å²) in [6, 6.07) is 69.1. The average molecular weight is 728 g/mol. The smallest absolute Gasteiger partial charge is 0.187 e. The van der Waals surface area contributed by atoms with Gasteiger partial charge in [0, 0.05) is 33.5 Å². The van der Waals surface area contributed by atoms with Crippen LogP contribution in [0, 0.1) is 13.5 Å². The molecule has 3 heteroatoms. The minimum absolute atomic E-state index is 0.620. The third-order valence-electron chi connectivity index (χ3n) is 11.1. The van der Waals surface area contributed by atoms with E-state index in [2.05, 4.69) is 210 Å². The summed E-state index contributed by atoms with van der Waals surface area (Å²) in [7, 11) is 0. The lowest BCUT2D eigenvalue weighted by Gasteiger charge is -2.29. The number of aryl methyl sites for hydroxylation is 1. The molecular formula is C54H37N3. The summed E-state index contributed by atoms with van der Waals surface area (Å²) in [6.45, 7) is 9.73. The molecule has 10 aromatic carbocycles. The van der Waals surface area contributed by atoms with Crippen LogP contribution in [0.25, 0.3) is 60.1 Å². The summed E-state index contributed by atoms with van der Waals surface area (Å²) in [5.74, 6) is 0. The van der Waals surface area contributed by atoms with Crippen molar-refractivity contribution < 1.29 is 0 Å². The van der Waals surface area contributed by atoms with Crippen LogP contribution >= 0.6 is 0 Å². The summed E-state index contributed by atoms with van der Waals surface area (Å²) in [6.07, 6.45) is 4.30. The van der Waals surface area contributed by atoms with Crippen LogP contribution in [0.3, 0.4) is 0 Å². The monoisotopic (exact) mass is 727 g/mol. The van der Waals surface area contributed by atoms with E-state index in [1.807, 2.05) is 18.2 Å². The van der Waals surface area contributed by atoms with Crippen LogP contribution in [0.1, 0.15) is 16.7 Å². The molecule has 0 radical (unpaired) electrons. The molecule has 10 aromatic rings. The predicted molar refractivity (Wildman–Crippen MR) is 243 cm³/mol. The fourth-order valence-corrected chi connectivity index (χ4v) is 8.36. The molecule has 57 heavy (non-hydrogen) atoms. The van der Waals surface area contributed by atoms with Gasteiger partial charge in [-0.1, -0.05) is 151 Å². The van der Waals surface area contributed by atoms with E-state index < -0.39 is 0 Å². The van der Waals surface area contributed by atoms with E-state index in [1.165, 1.54) is 54.2 Å². The van der Waals surface area contributed by atoms with Crippen LogP contribution in [0.2, 0.25) is 0 Å². The van der Waals surface area contributed by atoms with E-state index in [0.717, 1.165) is 39.7 Å². The predicted octanol–water partition coefficient (Wildman–Crippen LogP) is 15.7. The van der Waals surface area contributed by atoms with Crippen LogP contribution in [0.5, 0.6) is 0 Å². The van der Waals surface area contributed by atoms with Crippen molar-refractivity contribution in [2.75, 3.05) is 9.80 Å².